The van der Waals surface area contributed by atoms with Gasteiger partial charge in [-0.05, 0) is 25.7 Å². The molecule has 1 spiro atoms. The van der Waals surface area contributed by atoms with Crippen LogP contribution in [0.25, 0.3) is 0 Å². The highest BCUT2D eigenvalue weighted by molar-refractivity contribution is 6.07. The summed E-state index contributed by atoms with van der Waals surface area (Å²) in [6.07, 6.45) is 2.38. The van der Waals surface area contributed by atoms with Crippen molar-refractivity contribution in [2.45, 2.75) is 36.8 Å². The summed E-state index contributed by atoms with van der Waals surface area (Å²) in [4.78, 5) is 36.6. The van der Waals surface area contributed by atoms with Crippen molar-refractivity contribution in [1.82, 2.24) is 15.5 Å². The molecule has 2 aliphatic heterocycles. The van der Waals surface area contributed by atoms with Crippen molar-refractivity contribution in [1.29, 1.82) is 0 Å². The molecule has 0 bridgehead atoms. The molecule has 1 aliphatic carbocycles. The van der Waals surface area contributed by atoms with Crippen LogP contribution in [0.1, 0.15) is 25.7 Å². The van der Waals surface area contributed by atoms with Crippen LogP contribution in [0.15, 0.2) is 0 Å². The Labute approximate surface area is 104 Å². The number of rotatable bonds is 1. The van der Waals surface area contributed by atoms with Crippen molar-refractivity contribution < 1.29 is 14.4 Å². The third kappa shape index (κ3) is 1.58. The van der Waals surface area contributed by atoms with Crippen LogP contribution in [0.5, 0.6) is 0 Å². The van der Waals surface area contributed by atoms with Crippen LogP contribution in [0.3, 0.4) is 0 Å². The maximum atomic E-state index is 12.0. The average molecular weight is 252 g/mol. The van der Waals surface area contributed by atoms with Gasteiger partial charge in [-0.3, -0.25) is 14.9 Å². The van der Waals surface area contributed by atoms with E-state index in [1.165, 1.54) is 0 Å². The first kappa shape index (κ1) is 11.5. The van der Waals surface area contributed by atoms with Gasteiger partial charge in [-0.2, -0.15) is 0 Å². The van der Waals surface area contributed by atoms with Gasteiger partial charge in [0.1, 0.15) is 5.54 Å². The van der Waals surface area contributed by atoms with Crippen molar-refractivity contribution in [3.8, 4) is 0 Å². The minimum atomic E-state index is -0.820. The highest BCUT2D eigenvalue weighted by atomic mass is 16.2. The van der Waals surface area contributed by atoms with Gasteiger partial charge in [-0.25, -0.2) is 4.79 Å². The molecule has 0 unspecified atom stereocenters. The van der Waals surface area contributed by atoms with Crippen LogP contribution in [-0.4, -0.2) is 46.9 Å². The number of nitrogens with zero attached hydrogens (tertiary/aromatic N) is 1. The first-order valence-electron chi connectivity index (χ1n) is 6.17. The quantitative estimate of drug-likeness (QED) is 0.503. The minimum Gasteiger partial charge on any atom is -0.341 e. The van der Waals surface area contributed by atoms with E-state index < -0.39 is 17.1 Å². The molecule has 3 fully saturated rings. The van der Waals surface area contributed by atoms with Gasteiger partial charge in [0.25, 0.3) is 5.91 Å². The number of imide groups is 1. The van der Waals surface area contributed by atoms with E-state index in [4.69, 9.17) is 5.73 Å². The van der Waals surface area contributed by atoms with Gasteiger partial charge in [0.15, 0.2) is 0 Å². The first-order valence-corrected chi connectivity index (χ1v) is 6.17. The number of nitrogens with one attached hydrogen (secondary N) is 2. The zero-order chi connectivity index (χ0) is 13.0. The molecule has 2 heterocycles. The van der Waals surface area contributed by atoms with Crippen LogP contribution in [0.2, 0.25) is 0 Å². The van der Waals surface area contributed by atoms with Crippen molar-refractivity contribution in [3.63, 3.8) is 0 Å². The Hall–Kier alpha value is -1.63. The fourth-order valence-corrected chi connectivity index (χ4v) is 2.64. The summed E-state index contributed by atoms with van der Waals surface area (Å²) in [5.41, 5.74) is 4.39. The van der Waals surface area contributed by atoms with E-state index in [1.807, 2.05) is 0 Å². The Kier molecular flexibility index (Phi) is 2.19. The molecule has 98 valence electrons. The number of piperidine rings is 1. The Morgan fingerprint density at radius 2 is 1.78 bits per heavy atom. The molecular formula is C11H16N4O3. The number of nitrogens with two attached hydrogens (primary N) is 1. The lowest BCUT2D eigenvalue weighted by molar-refractivity contribution is -0.137. The molecule has 0 aromatic rings. The predicted octanol–water partition coefficient (Wildman–Crippen LogP) is -1.32. The molecule has 3 aliphatic rings. The summed E-state index contributed by atoms with van der Waals surface area (Å²) in [7, 11) is 0. The van der Waals surface area contributed by atoms with E-state index >= 15 is 0 Å². The van der Waals surface area contributed by atoms with Gasteiger partial charge in [0.2, 0.25) is 5.91 Å². The number of likely N-dealkylation sites (tertiary alicyclic amines) is 1. The molecule has 0 radical (unpaired) electrons. The Morgan fingerprint density at radius 1 is 1.17 bits per heavy atom. The van der Waals surface area contributed by atoms with Crippen LogP contribution < -0.4 is 16.4 Å². The van der Waals surface area contributed by atoms with Gasteiger partial charge in [-0.15, -0.1) is 0 Å². The number of hydrogen-bond acceptors (Lipinski definition) is 4. The van der Waals surface area contributed by atoms with Crippen LogP contribution in [0, 0.1) is 0 Å². The Balaban J connectivity index is 1.66. The zero-order valence-corrected chi connectivity index (χ0v) is 9.99. The van der Waals surface area contributed by atoms with E-state index in [9.17, 15) is 14.4 Å². The molecule has 0 aromatic heterocycles. The Bertz CT molecular complexity index is 436. The predicted molar refractivity (Wildman–Crippen MR) is 61.4 cm³/mol. The maximum absolute atomic E-state index is 12.0. The molecule has 18 heavy (non-hydrogen) atoms. The van der Waals surface area contributed by atoms with Crippen LogP contribution >= 0.6 is 0 Å². The number of hydrogen-bond donors (Lipinski definition) is 3. The molecule has 2 saturated heterocycles. The summed E-state index contributed by atoms with van der Waals surface area (Å²) in [6.45, 7) is 0.928. The smallest absolute Gasteiger partial charge is 0.322 e. The second kappa shape index (κ2) is 3.44. The molecule has 0 aromatic carbocycles. The van der Waals surface area contributed by atoms with Crippen molar-refractivity contribution >= 4 is 17.8 Å². The van der Waals surface area contributed by atoms with E-state index in [2.05, 4.69) is 10.6 Å². The van der Waals surface area contributed by atoms with Gasteiger partial charge < -0.3 is 16.0 Å². The lowest BCUT2D eigenvalue weighted by Gasteiger charge is -2.38. The molecular weight excluding hydrogens is 236 g/mol. The monoisotopic (exact) mass is 252 g/mol. The zero-order valence-electron chi connectivity index (χ0n) is 9.99. The lowest BCUT2D eigenvalue weighted by atomic mass is 9.87. The standard InChI is InChI=1S/C11H16N4O3/c12-10(1-2-10)8(17)15-5-3-11(4-6-15)7(16)13-9(18)14-11/h1-6,12H2,(H2,13,14,16,18). The number of urea groups is 1. The second-order valence-electron chi connectivity index (χ2n) is 5.44. The average Bonchev–Trinajstić information content (AvgIpc) is 3.02. The van der Waals surface area contributed by atoms with Gasteiger partial charge in [-0.1, -0.05) is 0 Å². The van der Waals surface area contributed by atoms with E-state index in [0.717, 1.165) is 12.8 Å². The number of carbonyl (C=O) groups excluding carboxylic acids is 3. The molecule has 7 nitrogen and oxygen atoms in total. The van der Waals surface area contributed by atoms with E-state index in [-0.39, 0.29) is 11.8 Å². The summed E-state index contributed by atoms with van der Waals surface area (Å²) in [5.74, 6) is -0.310. The van der Waals surface area contributed by atoms with Crippen molar-refractivity contribution in [2.24, 2.45) is 5.73 Å². The van der Waals surface area contributed by atoms with E-state index in [0.29, 0.717) is 25.9 Å². The van der Waals surface area contributed by atoms with Gasteiger partial charge in [0.05, 0.1) is 5.54 Å². The normalized spacial score (nSPS) is 27.9. The molecule has 4 N–H and O–H groups in total. The lowest BCUT2D eigenvalue weighted by Crippen LogP contribution is -2.58. The summed E-state index contributed by atoms with van der Waals surface area (Å²) < 4.78 is 0. The van der Waals surface area contributed by atoms with Gasteiger partial charge >= 0.3 is 6.03 Å². The fraction of sp³-hybridized carbons (Fsp3) is 0.727. The topological polar surface area (TPSA) is 105 Å². The Morgan fingerprint density at radius 3 is 2.22 bits per heavy atom. The van der Waals surface area contributed by atoms with Crippen LogP contribution in [-0.2, 0) is 9.59 Å². The summed E-state index contributed by atoms with van der Waals surface area (Å²) >= 11 is 0. The first-order chi connectivity index (χ1) is 8.45. The third-order valence-electron chi connectivity index (χ3n) is 4.13. The molecule has 1 saturated carbocycles. The van der Waals surface area contributed by atoms with E-state index in [1.54, 1.807) is 4.90 Å². The minimum absolute atomic E-state index is 0.0259. The maximum Gasteiger partial charge on any atom is 0.322 e. The molecule has 7 heteroatoms. The summed E-state index contributed by atoms with van der Waals surface area (Å²) in [6, 6.07) is -0.447. The van der Waals surface area contributed by atoms with Crippen molar-refractivity contribution in [2.75, 3.05) is 13.1 Å². The molecule has 4 amide bonds. The number of carbonyl (C=O) groups is 3. The number of amides is 4. The second-order valence-corrected chi connectivity index (χ2v) is 5.44. The third-order valence-corrected chi connectivity index (χ3v) is 4.13. The SMILES string of the molecule is NC1(C(=O)N2CCC3(CC2)NC(=O)NC3=O)CC1. The van der Waals surface area contributed by atoms with Gasteiger partial charge in [0, 0.05) is 13.1 Å². The molecule has 3 rings (SSSR count). The summed E-state index contributed by atoms with van der Waals surface area (Å²) in [5, 5.41) is 4.91. The molecule has 0 atom stereocenters. The largest absolute Gasteiger partial charge is 0.341 e. The fourth-order valence-electron chi connectivity index (χ4n) is 2.64. The highest BCUT2D eigenvalue weighted by Crippen LogP contribution is 2.36. The highest BCUT2D eigenvalue weighted by Gasteiger charge is 2.52. The van der Waals surface area contributed by atoms with Crippen LogP contribution in [0.4, 0.5) is 4.79 Å². The van der Waals surface area contributed by atoms with Crippen molar-refractivity contribution in [3.05, 3.63) is 0 Å².